The molecule has 0 aliphatic rings. The van der Waals surface area contributed by atoms with E-state index in [1.807, 2.05) is 36.4 Å². The molecule has 0 bridgehead atoms. The molecule has 0 aliphatic heterocycles. The van der Waals surface area contributed by atoms with E-state index in [0.717, 1.165) is 11.1 Å². The van der Waals surface area contributed by atoms with Crippen molar-refractivity contribution in [2.45, 2.75) is 0 Å². The zero-order valence-electron chi connectivity index (χ0n) is 15.6. The van der Waals surface area contributed by atoms with Crippen molar-refractivity contribution in [3.63, 3.8) is 0 Å². The molecule has 1 amide bonds. The smallest absolute Gasteiger partial charge is 0.269 e. The molecule has 30 heavy (non-hydrogen) atoms. The number of nitro groups is 1. The number of nitrogens with one attached hydrogen (secondary N) is 3. The zero-order valence-corrected chi connectivity index (χ0v) is 16.4. The first-order valence-corrected chi connectivity index (χ1v) is 9.25. The van der Waals surface area contributed by atoms with E-state index >= 15 is 0 Å². The van der Waals surface area contributed by atoms with Gasteiger partial charge in [0.15, 0.2) is 11.8 Å². The summed E-state index contributed by atoms with van der Waals surface area (Å²) in [6.45, 7) is -1.10. The topological polar surface area (TPSA) is 96.3 Å². The van der Waals surface area contributed by atoms with Crippen LogP contribution in [0, 0.1) is 10.1 Å². The number of hydrogen-bond donors (Lipinski definition) is 3. The van der Waals surface area contributed by atoms with Crippen molar-refractivity contribution >= 4 is 46.0 Å². The van der Waals surface area contributed by atoms with Crippen LogP contribution in [0.3, 0.4) is 0 Å². The number of non-ortho nitro benzene ring substituents is 1. The Hall–Kier alpha value is -3.85. The van der Waals surface area contributed by atoms with Crippen LogP contribution in [0.15, 0.2) is 72.8 Å². The summed E-state index contributed by atoms with van der Waals surface area (Å²) >= 11 is 5.31. The number of hydrogen-bond acceptors (Lipinski definition) is 4. The lowest BCUT2D eigenvalue weighted by molar-refractivity contribution is -0.384. The third kappa shape index (κ3) is 5.36. The second kappa shape index (κ2) is 9.57. The molecule has 3 aromatic rings. The molecule has 9 heteroatoms. The van der Waals surface area contributed by atoms with Crippen LogP contribution in [0.25, 0.3) is 11.1 Å². The Morgan fingerprint density at radius 3 is 2.33 bits per heavy atom. The fourth-order valence-corrected chi connectivity index (χ4v) is 2.99. The first-order chi connectivity index (χ1) is 14.5. The first-order valence-electron chi connectivity index (χ1n) is 8.84. The normalized spacial score (nSPS) is 10.2. The van der Waals surface area contributed by atoms with Gasteiger partial charge in [-0.25, -0.2) is 4.39 Å². The molecule has 0 aliphatic carbocycles. The highest BCUT2D eigenvalue weighted by Gasteiger charge is 2.09. The summed E-state index contributed by atoms with van der Waals surface area (Å²) in [5.41, 5.74) is 3.33. The summed E-state index contributed by atoms with van der Waals surface area (Å²) in [6.07, 6.45) is 0. The largest absolute Gasteiger partial charge is 0.332 e. The van der Waals surface area contributed by atoms with Crippen LogP contribution in [0.2, 0.25) is 0 Å². The van der Waals surface area contributed by atoms with Crippen molar-refractivity contribution in [2.75, 3.05) is 22.6 Å². The van der Waals surface area contributed by atoms with Crippen molar-refractivity contribution < 1.29 is 14.1 Å². The average Bonchev–Trinajstić information content (AvgIpc) is 2.74. The minimum Gasteiger partial charge on any atom is -0.332 e. The molecule has 0 unspecified atom stereocenters. The molecule has 0 radical (unpaired) electrons. The Labute approximate surface area is 177 Å². The minimum atomic E-state index is -1.10. The number of anilines is 3. The van der Waals surface area contributed by atoms with Crippen LogP contribution < -0.4 is 16.0 Å². The lowest BCUT2D eigenvalue weighted by Crippen LogP contribution is -2.19. The van der Waals surface area contributed by atoms with Gasteiger partial charge in [-0.05, 0) is 48.1 Å². The number of thiocarbonyl (C=S) groups is 1. The Balaban J connectivity index is 1.74. The van der Waals surface area contributed by atoms with Gasteiger partial charge in [0.25, 0.3) is 11.6 Å². The maximum absolute atomic E-state index is 12.6. The highest BCUT2D eigenvalue weighted by atomic mass is 32.1. The van der Waals surface area contributed by atoms with Crippen molar-refractivity contribution in [3.8, 4) is 11.1 Å². The molecule has 0 spiro atoms. The number of halogens is 1. The highest BCUT2D eigenvalue weighted by Crippen LogP contribution is 2.29. The summed E-state index contributed by atoms with van der Waals surface area (Å²) < 4.78 is 12.6. The highest BCUT2D eigenvalue weighted by molar-refractivity contribution is 7.80. The van der Waals surface area contributed by atoms with Crippen LogP contribution in [0.4, 0.5) is 27.1 Å². The predicted octanol–water partition coefficient (Wildman–Crippen LogP) is 4.98. The predicted molar refractivity (Wildman–Crippen MR) is 119 cm³/mol. The molecule has 152 valence electrons. The van der Waals surface area contributed by atoms with E-state index in [1.165, 1.54) is 12.1 Å². The molecule has 0 fully saturated rings. The first kappa shape index (κ1) is 20.9. The van der Waals surface area contributed by atoms with Gasteiger partial charge in [0.1, 0.15) is 0 Å². The lowest BCUT2D eigenvalue weighted by Gasteiger charge is -2.13. The van der Waals surface area contributed by atoms with E-state index in [4.69, 9.17) is 12.2 Å². The Morgan fingerprint density at radius 1 is 0.933 bits per heavy atom. The number of carbonyl (C=O) groups is 1. The summed E-state index contributed by atoms with van der Waals surface area (Å²) in [6, 6.07) is 20.3. The molecule has 3 rings (SSSR count). The number of benzene rings is 3. The van der Waals surface area contributed by atoms with Gasteiger partial charge in [0.2, 0.25) is 0 Å². The average molecular weight is 424 g/mol. The third-order valence-electron chi connectivity index (χ3n) is 4.09. The second-order valence-corrected chi connectivity index (χ2v) is 6.60. The van der Waals surface area contributed by atoms with E-state index in [-0.39, 0.29) is 5.69 Å². The Bertz CT molecular complexity index is 1090. The van der Waals surface area contributed by atoms with Crippen molar-refractivity contribution in [1.82, 2.24) is 0 Å². The summed E-state index contributed by atoms with van der Waals surface area (Å²) in [5, 5.41) is 19.6. The molecule has 3 N–H and O–H groups in total. The van der Waals surface area contributed by atoms with Crippen LogP contribution in [0.1, 0.15) is 0 Å². The number of nitrogens with zero attached hydrogens (tertiary/aromatic N) is 1. The number of para-hydroxylation sites is 1. The van der Waals surface area contributed by atoms with E-state index in [1.54, 1.807) is 24.3 Å². The monoisotopic (exact) mass is 424 g/mol. The van der Waals surface area contributed by atoms with Gasteiger partial charge < -0.3 is 16.0 Å². The van der Waals surface area contributed by atoms with Gasteiger partial charge in [-0.15, -0.1) is 0 Å². The quantitative estimate of drug-likeness (QED) is 0.293. The Kier molecular flexibility index (Phi) is 6.66. The molecule has 0 heterocycles. The third-order valence-corrected chi connectivity index (χ3v) is 4.29. The maximum atomic E-state index is 12.6. The molecule has 7 nitrogen and oxygen atoms in total. The summed E-state index contributed by atoms with van der Waals surface area (Å²) in [5.74, 6) is -0.717. The fourth-order valence-electron chi connectivity index (χ4n) is 2.75. The lowest BCUT2D eigenvalue weighted by atomic mass is 10.0. The van der Waals surface area contributed by atoms with E-state index in [2.05, 4.69) is 16.0 Å². The van der Waals surface area contributed by atoms with Crippen molar-refractivity contribution in [1.29, 1.82) is 0 Å². The molecule has 0 aromatic heterocycles. The van der Waals surface area contributed by atoms with Crippen LogP contribution >= 0.6 is 12.2 Å². The standard InChI is InChI=1S/C21H17FN4O3S/c22-13-20(27)25-19-7-2-1-6-18(19)14-4-3-5-16(12-14)24-21(30)23-15-8-10-17(11-9-15)26(28)29/h1-12H,13H2,(H,25,27)(H2,23,24,30). The van der Waals surface area contributed by atoms with Gasteiger partial charge in [-0.1, -0.05) is 30.3 Å². The van der Waals surface area contributed by atoms with Gasteiger partial charge in [0.05, 0.1) is 4.92 Å². The fraction of sp³-hybridized carbons (Fsp3) is 0.0476. The number of nitro benzene ring substituents is 1. The number of carbonyl (C=O) groups excluding carboxylic acids is 1. The van der Waals surface area contributed by atoms with Gasteiger partial charge in [-0.3, -0.25) is 14.9 Å². The van der Waals surface area contributed by atoms with Crippen LogP contribution in [-0.2, 0) is 4.79 Å². The molecule has 0 saturated heterocycles. The molecule has 0 saturated carbocycles. The molecule has 3 aromatic carbocycles. The number of alkyl halides is 1. The zero-order chi connectivity index (χ0) is 21.5. The van der Waals surface area contributed by atoms with Crippen molar-refractivity contribution in [2.24, 2.45) is 0 Å². The van der Waals surface area contributed by atoms with E-state index in [0.29, 0.717) is 22.2 Å². The maximum Gasteiger partial charge on any atom is 0.269 e. The van der Waals surface area contributed by atoms with E-state index in [9.17, 15) is 19.3 Å². The van der Waals surface area contributed by atoms with E-state index < -0.39 is 17.5 Å². The SMILES string of the molecule is O=C(CF)Nc1ccccc1-c1cccc(NC(=S)Nc2ccc([N+](=O)[O-])cc2)c1. The molecular formula is C21H17FN4O3S. The van der Waals surface area contributed by atoms with Crippen molar-refractivity contribution in [3.05, 3.63) is 82.9 Å². The molecule has 0 atom stereocenters. The minimum absolute atomic E-state index is 0.00866. The second-order valence-electron chi connectivity index (χ2n) is 6.19. The van der Waals surface area contributed by atoms with Crippen LogP contribution in [-0.4, -0.2) is 22.6 Å². The molecular weight excluding hydrogens is 407 g/mol. The number of rotatable bonds is 6. The van der Waals surface area contributed by atoms with Gasteiger partial charge in [-0.2, -0.15) is 0 Å². The van der Waals surface area contributed by atoms with Gasteiger partial charge in [0, 0.05) is 34.8 Å². The Morgan fingerprint density at radius 2 is 1.63 bits per heavy atom. The van der Waals surface area contributed by atoms with Crippen LogP contribution in [0.5, 0.6) is 0 Å². The van der Waals surface area contributed by atoms with Gasteiger partial charge >= 0.3 is 0 Å². The summed E-state index contributed by atoms with van der Waals surface area (Å²) in [7, 11) is 0. The number of amides is 1. The summed E-state index contributed by atoms with van der Waals surface area (Å²) in [4.78, 5) is 21.7.